The van der Waals surface area contributed by atoms with Gasteiger partial charge in [0.2, 0.25) is 11.9 Å². The molecule has 1 fully saturated rings. The fraction of sp³-hybridized carbons (Fsp3) is 0.462. The number of carbonyl (C=O) groups excluding carboxylic acids is 1. The van der Waals surface area contributed by atoms with Crippen molar-refractivity contribution in [3.05, 3.63) is 17.8 Å². The van der Waals surface area contributed by atoms with Crippen LogP contribution in [-0.2, 0) is 4.79 Å². The van der Waals surface area contributed by atoms with Crippen LogP contribution < -0.4 is 11.1 Å². The van der Waals surface area contributed by atoms with E-state index in [4.69, 9.17) is 5.73 Å². The Morgan fingerprint density at radius 2 is 2.32 bits per heavy atom. The van der Waals surface area contributed by atoms with Crippen LogP contribution in [0.5, 0.6) is 0 Å². The topological polar surface area (TPSA) is 85.8 Å². The van der Waals surface area contributed by atoms with E-state index in [0.717, 1.165) is 23.9 Å². The lowest BCUT2D eigenvalue weighted by atomic mass is 10.2. The third-order valence-corrected chi connectivity index (χ3v) is 3.50. The average molecular weight is 259 g/mol. The van der Waals surface area contributed by atoms with Gasteiger partial charge in [0, 0.05) is 12.2 Å². The second-order valence-electron chi connectivity index (χ2n) is 5.10. The molecule has 1 unspecified atom stereocenters. The van der Waals surface area contributed by atoms with Crippen molar-refractivity contribution in [2.75, 3.05) is 5.73 Å². The summed E-state index contributed by atoms with van der Waals surface area (Å²) < 4.78 is 1.69. The molecule has 3 N–H and O–H groups in total. The first-order valence-electron chi connectivity index (χ1n) is 6.47. The van der Waals surface area contributed by atoms with Gasteiger partial charge in [-0.3, -0.25) is 9.36 Å². The van der Waals surface area contributed by atoms with Crippen molar-refractivity contribution in [1.82, 2.24) is 19.9 Å². The van der Waals surface area contributed by atoms with Crippen LogP contribution in [-0.4, -0.2) is 26.5 Å². The predicted octanol–water partition coefficient (Wildman–Crippen LogP) is 1.16. The van der Waals surface area contributed by atoms with Crippen molar-refractivity contribution < 1.29 is 4.79 Å². The van der Waals surface area contributed by atoms with E-state index in [0.29, 0.717) is 17.6 Å². The molecule has 1 aliphatic rings. The smallest absolute Gasteiger partial charge is 0.243 e. The average Bonchev–Trinajstić information content (AvgIpc) is 3.10. The highest BCUT2D eigenvalue weighted by atomic mass is 16.2. The SMILES string of the molecule is Cc1ccnc2c1nc(N)n2C(C)C(=O)NC1CC1. The van der Waals surface area contributed by atoms with E-state index in [1.54, 1.807) is 10.8 Å². The summed E-state index contributed by atoms with van der Waals surface area (Å²) in [6.07, 6.45) is 3.84. The van der Waals surface area contributed by atoms with Crippen LogP contribution in [0.4, 0.5) is 5.95 Å². The molecule has 1 atom stereocenters. The van der Waals surface area contributed by atoms with E-state index >= 15 is 0 Å². The summed E-state index contributed by atoms with van der Waals surface area (Å²) in [6, 6.07) is 1.81. The maximum absolute atomic E-state index is 12.1. The van der Waals surface area contributed by atoms with Crippen LogP contribution in [0, 0.1) is 6.92 Å². The number of imidazole rings is 1. The van der Waals surface area contributed by atoms with Gasteiger partial charge < -0.3 is 11.1 Å². The number of aryl methyl sites for hydroxylation is 1. The Hall–Kier alpha value is -2.11. The van der Waals surface area contributed by atoms with E-state index < -0.39 is 6.04 Å². The molecule has 0 spiro atoms. The molecule has 1 saturated carbocycles. The van der Waals surface area contributed by atoms with Crippen molar-refractivity contribution in [3.8, 4) is 0 Å². The molecule has 6 heteroatoms. The molecular formula is C13H17N5O. The van der Waals surface area contributed by atoms with Gasteiger partial charge in [0.15, 0.2) is 5.65 Å². The normalized spacial score (nSPS) is 16.5. The summed E-state index contributed by atoms with van der Waals surface area (Å²) in [7, 11) is 0. The Morgan fingerprint density at radius 3 is 3.00 bits per heavy atom. The molecule has 0 bridgehead atoms. The number of nitrogens with two attached hydrogens (primary N) is 1. The van der Waals surface area contributed by atoms with Gasteiger partial charge in [-0.2, -0.15) is 0 Å². The summed E-state index contributed by atoms with van der Waals surface area (Å²) >= 11 is 0. The van der Waals surface area contributed by atoms with Gasteiger partial charge in [0.25, 0.3) is 0 Å². The molecule has 1 aliphatic carbocycles. The first-order valence-corrected chi connectivity index (χ1v) is 6.47. The van der Waals surface area contributed by atoms with Crippen LogP contribution in [0.3, 0.4) is 0 Å². The number of aromatic nitrogens is 3. The van der Waals surface area contributed by atoms with Crippen molar-refractivity contribution in [1.29, 1.82) is 0 Å². The third kappa shape index (κ3) is 2.03. The van der Waals surface area contributed by atoms with Crippen molar-refractivity contribution >= 4 is 23.0 Å². The number of anilines is 1. The summed E-state index contributed by atoms with van der Waals surface area (Å²) in [5, 5.41) is 2.98. The molecule has 100 valence electrons. The maximum Gasteiger partial charge on any atom is 0.243 e. The van der Waals surface area contributed by atoms with Gasteiger partial charge in [-0.25, -0.2) is 9.97 Å². The number of carbonyl (C=O) groups is 1. The molecule has 1 amide bonds. The van der Waals surface area contributed by atoms with Crippen LogP contribution in [0.15, 0.2) is 12.3 Å². The zero-order valence-corrected chi connectivity index (χ0v) is 11.1. The summed E-state index contributed by atoms with van der Waals surface area (Å²) in [4.78, 5) is 20.7. The fourth-order valence-corrected chi connectivity index (χ4v) is 2.18. The number of pyridine rings is 1. The standard InChI is InChI=1S/C13H17N5O/c1-7-5-6-15-11-10(7)17-13(14)18(11)8(2)12(19)16-9-3-4-9/h5-6,8-9H,3-4H2,1-2H3,(H2,14,17)(H,16,19). The van der Waals surface area contributed by atoms with Crippen molar-refractivity contribution in [2.45, 2.75) is 38.8 Å². The van der Waals surface area contributed by atoms with Crippen molar-refractivity contribution in [2.24, 2.45) is 0 Å². The number of rotatable bonds is 3. The number of nitrogens with zero attached hydrogens (tertiary/aromatic N) is 3. The lowest BCUT2D eigenvalue weighted by Gasteiger charge is -2.15. The first-order chi connectivity index (χ1) is 9.08. The zero-order chi connectivity index (χ0) is 13.6. The van der Waals surface area contributed by atoms with E-state index in [1.165, 1.54) is 0 Å². The molecule has 6 nitrogen and oxygen atoms in total. The molecule has 2 aromatic heterocycles. The van der Waals surface area contributed by atoms with Gasteiger partial charge in [-0.05, 0) is 38.3 Å². The van der Waals surface area contributed by atoms with Gasteiger partial charge >= 0.3 is 0 Å². The first kappa shape index (κ1) is 12.0. The number of hydrogen-bond donors (Lipinski definition) is 2. The van der Waals surface area contributed by atoms with E-state index in [2.05, 4.69) is 15.3 Å². The Kier molecular flexibility index (Phi) is 2.66. The number of nitrogen functional groups attached to an aromatic ring is 1. The highest BCUT2D eigenvalue weighted by molar-refractivity contribution is 5.85. The third-order valence-electron chi connectivity index (χ3n) is 3.50. The molecule has 2 aromatic rings. The van der Waals surface area contributed by atoms with Gasteiger partial charge in [0.05, 0.1) is 0 Å². The lowest BCUT2D eigenvalue weighted by Crippen LogP contribution is -2.33. The van der Waals surface area contributed by atoms with Crippen LogP contribution in [0.1, 0.15) is 31.4 Å². The van der Waals surface area contributed by atoms with E-state index in [-0.39, 0.29) is 5.91 Å². The Bertz CT molecular complexity index is 644. The van der Waals surface area contributed by atoms with Crippen molar-refractivity contribution in [3.63, 3.8) is 0 Å². The minimum atomic E-state index is -0.403. The molecule has 2 heterocycles. The number of fused-ring (bicyclic) bond motifs is 1. The number of nitrogens with one attached hydrogen (secondary N) is 1. The highest BCUT2D eigenvalue weighted by Gasteiger charge is 2.28. The van der Waals surface area contributed by atoms with Gasteiger partial charge in [0.1, 0.15) is 11.6 Å². The Balaban J connectivity index is 2.01. The summed E-state index contributed by atoms with van der Waals surface area (Å²) in [6.45, 7) is 3.77. The second kappa shape index (κ2) is 4.22. The molecule has 0 aromatic carbocycles. The minimum Gasteiger partial charge on any atom is -0.369 e. The molecule has 3 rings (SSSR count). The Morgan fingerprint density at radius 1 is 1.58 bits per heavy atom. The fourth-order valence-electron chi connectivity index (χ4n) is 2.18. The molecular weight excluding hydrogens is 242 g/mol. The number of amides is 1. The largest absolute Gasteiger partial charge is 0.369 e. The van der Waals surface area contributed by atoms with E-state index in [9.17, 15) is 4.79 Å². The lowest BCUT2D eigenvalue weighted by molar-refractivity contribution is -0.123. The summed E-state index contributed by atoms with van der Waals surface area (Å²) in [5.41, 5.74) is 8.36. The quantitative estimate of drug-likeness (QED) is 0.866. The molecule has 19 heavy (non-hydrogen) atoms. The monoisotopic (exact) mass is 259 g/mol. The van der Waals surface area contributed by atoms with Gasteiger partial charge in [-0.1, -0.05) is 0 Å². The van der Waals surface area contributed by atoms with Crippen LogP contribution in [0.2, 0.25) is 0 Å². The summed E-state index contributed by atoms with van der Waals surface area (Å²) in [5.74, 6) is 0.298. The molecule has 0 saturated heterocycles. The Labute approximate surface area is 111 Å². The van der Waals surface area contributed by atoms with Crippen LogP contribution >= 0.6 is 0 Å². The predicted molar refractivity (Wildman–Crippen MR) is 72.6 cm³/mol. The maximum atomic E-state index is 12.1. The minimum absolute atomic E-state index is 0.0307. The number of hydrogen-bond acceptors (Lipinski definition) is 4. The zero-order valence-electron chi connectivity index (χ0n) is 11.1. The molecule has 0 aliphatic heterocycles. The van der Waals surface area contributed by atoms with Gasteiger partial charge in [-0.15, -0.1) is 0 Å². The highest BCUT2D eigenvalue weighted by Crippen LogP contribution is 2.25. The second-order valence-corrected chi connectivity index (χ2v) is 5.10. The van der Waals surface area contributed by atoms with E-state index in [1.807, 2.05) is 19.9 Å². The van der Waals surface area contributed by atoms with Crippen LogP contribution in [0.25, 0.3) is 11.2 Å². The molecule has 0 radical (unpaired) electrons.